The number of carbonyl (C=O) groups excluding carboxylic acids is 1. The Kier molecular flexibility index (Phi) is 1.43. The van der Waals surface area contributed by atoms with Gasteiger partial charge in [-0.3, -0.25) is 4.79 Å². The van der Waals surface area contributed by atoms with Crippen molar-refractivity contribution in [3.8, 4) is 0 Å². The van der Waals surface area contributed by atoms with Crippen molar-refractivity contribution in [2.75, 3.05) is 0 Å². The Morgan fingerprint density at radius 2 is 2.36 bits per heavy atom. The Balaban J connectivity index is 2.88. The molecule has 0 spiro atoms. The average molecular weight is 163 g/mol. The maximum absolute atomic E-state index is 10.5. The Bertz CT molecular complexity index is 394. The maximum Gasteiger partial charge on any atom is 0.151 e. The molecule has 0 atom stereocenters. The summed E-state index contributed by atoms with van der Waals surface area (Å²) >= 11 is 1.36. The number of benzene rings is 1. The second kappa shape index (κ2) is 2.43. The minimum absolute atomic E-state index is 0.727. The number of hydrogen-bond donors (Lipinski definition) is 0. The first-order valence-electron chi connectivity index (χ1n) is 3.20. The molecule has 11 heavy (non-hydrogen) atoms. The third-order valence-electron chi connectivity index (χ3n) is 1.54. The average Bonchev–Trinajstić information content (AvgIpc) is 2.50. The third kappa shape index (κ3) is 0.935. The monoisotopic (exact) mass is 163 g/mol. The van der Waals surface area contributed by atoms with E-state index in [1.165, 1.54) is 11.5 Å². The quantitative estimate of drug-likeness (QED) is 0.602. The second-order valence-corrected chi connectivity index (χ2v) is 3.01. The fraction of sp³-hybridized carbons (Fsp3) is 0. The van der Waals surface area contributed by atoms with Gasteiger partial charge in [0.2, 0.25) is 0 Å². The van der Waals surface area contributed by atoms with Crippen LogP contribution < -0.4 is 0 Å². The van der Waals surface area contributed by atoms with E-state index in [9.17, 15) is 4.79 Å². The van der Waals surface area contributed by atoms with Crippen molar-refractivity contribution < 1.29 is 4.79 Å². The van der Waals surface area contributed by atoms with Crippen LogP contribution in [0.3, 0.4) is 0 Å². The molecule has 0 radical (unpaired) electrons. The summed E-state index contributed by atoms with van der Waals surface area (Å²) in [6.45, 7) is 0. The summed E-state index contributed by atoms with van der Waals surface area (Å²) in [6.07, 6.45) is 2.63. The first kappa shape index (κ1) is 6.49. The molecule has 3 heteroatoms. The number of fused-ring (bicyclic) bond motifs is 1. The molecule has 0 saturated carbocycles. The molecule has 0 unspecified atom stereocenters. The molecule has 1 aromatic carbocycles. The molecule has 0 saturated heterocycles. The molecule has 0 bridgehead atoms. The molecule has 1 aromatic heterocycles. The van der Waals surface area contributed by atoms with Gasteiger partial charge < -0.3 is 0 Å². The first-order chi connectivity index (χ1) is 5.42. The summed E-state index contributed by atoms with van der Waals surface area (Å²) in [6, 6.07) is 5.61. The smallest absolute Gasteiger partial charge is 0.151 e. The summed E-state index contributed by atoms with van der Waals surface area (Å²) < 4.78 is 4.97. The van der Waals surface area contributed by atoms with Crippen LogP contribution in [0.25, 0.3) is 10.1 Å². The van der Waals surface area contributed by atoms with Gasteiger partial charge in [-0.25, -0.2) is 0 Å². The number of hydrogen-bond acceptors (Lipinski definition) is 3. The Morgan fingerprint density at radius 1 is 1.45 bits per heavy atom. The molecule has 2 nitrogen and oxygen atoms in total. The van der Waals surface area contributed by atoms with Crippen LogP contribution in [-0.2, 0) is 0 Å². The lowest BCUT2D eigenvalue weighted by Crippen LogP contribution is -1.76. The highest BCUT2D eigenvalue weighted by atomic mass is 32.1. The minimum Gasteiger partial charge on any atom is -0.298 e. The Labute approximate surface area is 67.6 Å². The van der Waals surface area contributed by atoms with Gasteiger partial charge in [-0.2, -0.15) is 4.37 Å². The predicted molar refractivity (Wildman–Crippen MR) is 45.0 cm³/mol. The molecule has 54 valence electrons. The van der Waals surface area contributed by atoms with Crippen molar-refractivity contribution in [3.05, 3.63) is 30.0 Å². The van der Waals surface area contributed by atoms with Gasteiger partial charge in [-0.15, -0.1) is 0 Å². The van der Waals surface area contributed by atoms with E-state index in [1.807, 2.05) is 12.1 Å². The molecule has 0 aliphatic heterocycles. The third-order valence-corrected chi connectivity index (χ3v) is 2.40. The van der Waals surface area contributed by atoms with Gasteiger partial charge in [-0.05, 0) is 11.5 Å². The van der Waals surface area contributed by atoms with Crippen molar-refractivity contribution in [2.45, 2.75) is 0 Å². The highest BCUT2D eigenvalue weighted by Gasteiger charge is 1.99. The highest BCUT2D eigenvalue weighted by Crippen LogP contribution is 2.20. The highest BCUT2D eigenvalue weighted by molar-refractivity contribution is 7.13. The largest absolute Gasteiger partial charge is 0.298 e. The van der Waals surface area contributed by atoms with Crippen LogP contribution in [0.1, 0.15) is 10.4 Å². The van der Waals surface area contributed by atoms with Gasteiger partial charge in [0.05, 0.1) is 4.70 Å². The lowest BCUT2D eigenvalue weighted by atomic mass is 10.2. The topological polar surface area (TPSA) is 30.0 Å². The number of rotatable bonds is 1. The molecular formula is C8H5NOS. The second-order valence-electron chi connectivity index (χ2n) is 2.21. The van der Waals surface area contributed by atoms with Gasteiger partial charge in [0, 0.05) is 17.1 Å². The van der Waals surface area contributed by atoms with E-state index >= 15 is 0 Å². The van der Waals surface area contributed by atoms with E-state index in [2.05, 4.69) is 4.37 Å². The summed E-state index contributed by atoms with van der Waals surface area (Å²) in [7, 11) is 0. The van der Waals surface area contributed by atoms with E-state index < -0.39 is 0 Å². The van der Waals surface area contributed by atoms with Crippen LogP contribution in [0.5, 0.6) is 0 Å². The molecule has 0 N–H and O–H groups in total. The predicted octanol–water partition coefficient (Wildman–Crippen LogP) is 2.11. The summed E-state index contributed by atoms with van der Waals surface area (Å²) in [5, 5.41) is 1.04. The SMILES string of the molecule is O=Cc1cccc2cnsc12. The van der Waals surface area contributed by atoms with Crippen molar-refractivity contribution in [2.24, 2.45) is 0 Å². The van der Waals surface area contributed by atoms with Gasteiger partial charge >= 0.3 is 0 Å². The van der Waals surface area contributed by atoms with Crippen LogP contribution in [-0.4, -0.2) is 10.7 Å². The molecule has 0 aliphatic rings. The molecule has 1 heterocycles. The fourth-order valence-corrected chi connectivity index (χ4v) is 1.73. The van der Waals surface area contributed by atoms with Gasteiger partial charge in [-0.1, -0.05) is 18.2 Å². The van der Waals surface area contributed by atoms with Crippen LogP contribution in [0.15, 0.2) is 24.4 Å². The standard InChI is InChI=1S/C8H5NOS/c10-5-7-3-1-2-6-4-9-11-8(6)7/h1-5H. The number of aromatic nitrogens is 1. The normalized spacial score (nSPS) is 10.2. The van der Waals surface area contributed by atoms with E-state index in [1.54, 1.807) is 12.3 Å². The zero-order valence-electron chi connectivity index (χ0n) is 5.65. The van der Waals surface area contributed by atoms with Crippen molar-refractivity contribution in [3.63, 3.8) is 0 Å². The zero-order chi connectivity index (χ0) is 7.68. The van der Waals surface area contributed by atoms with Crippen LogP contribution in [0.2, 0.25) is 0 Å². The fourth-order valence-electron chi connectivity index (χ4n) is 1.01. The van der Waals surface area contributed by atoms with Crippen LogP contribution in [0, 0.1) is 0 Å². The minimum atomic E-state index is 0.727. The molecule has 0 fully saturated rings. The van der Waals surface area contributed by atoms with Crippen molar-refractivity contribution >= 4 is 27.9 Å². The van der Waals surface area contributed by atoms with Crippen LogP contribution >= 0.6 is 11.5 Å². The van der Waals surface area contributed by atoms with Gasteiger partial charge in [0.15, 0.2) is 6.29 Å². The molecule has 0 aliphatic carbocycles. The van der Waals surface area contributed by atoms with Gasteiger partial charge in [0.25, 0.3) is 0 Å². The van der Waals surface area contributed by atoms with E-state index in [0.717, 1.165) is 21.9 Å². The number of carbonyl (C=O) groups is 1. The summed E-state index contributed by atoms with van der Waals surface area (Å²) in [5.41, 5.74) is 0.727. The lowest BCUT2D eigenvalue weighted by Gasteiger charge is -1.89. The lowest BCUT2D eigenvalue weighted by molar-refractivity contribution is 0.112. The molecule has 0 amide bonds. The molecule has 2 rings (SSSR count). The maximum atomic E-state index is 10.5. The van der Waals surface area contributed by atoms with E-state index in [4.69, 9.17) is 0 Å². The number of nitrogens with zero attached hydrogens (tertiary/aromatic N) is 1. The summed E-state index contributed by atoms with van der Waals surface area (Å²) in [5.74, 6) is 0. The van der Waals surface area contributed by atoms with Gasteiger partial charge in [0.1, 0.15) is 0 Å². The first-order valence-corrected chi connectivity index (χ1v) is 3.98. The Morgan fingerprint density at radius 3 is 3.18 bits per heavy atom. The summed E-state index contributed by atoms with van der Waals surface area (Å²) in [4.78, 5) is 10.5. The zero-order valence-corrected chi connectivity index (χ0v) is 6.47. The molecular weight excluding hydrogens is 158 g/mol. The van der Waals surface area contributed by atoms with Crippen molar-refractivity contribution in [1.29, 1.82) is 0 Å². The van der Waals surface area contributed by atoms with Crippen molar-refractivity contribution in [1.82, 2.24) is 4.37 Å². The van der Waals surface area contributed by atoms with Crippen LogP contribution in [0.4, 0.5) is 0 Å². The van der Waals surface area contributed by atoms with E-state index in [-0.39, 0.29) is 0 Å². The molecule has 2 aromatic rings. The van der Waals surface area contributed by atoms with E-state index in [0.29, 0.717) is 0 Å². The number of aldehydes is 1. The Hall–Kier alpha value is -1.22.